The number of aromatic nitrogens is 1. The third-order valence-corrected chi connectivity index (χ3v) is 5.26. The van der Waals surface area contributed by atoms with Crippen LogP contribution in [0, 0.1) is 6.92 Å². The normalized spacial score (nSPS) is 11.3. The summed E-state index contributed by atoms with van der Waals surface area (Å²) < 4.78 is 32.1. The highest BCUT2D eigenvalue weighted by Crippen LogP contribution is 2.30. The lowest BCUT2D eigenvalue weighted by Gasteiger charge is -2.11. The van der Waals surface area contributed by atoms with Gasteiger partial charge in [0.25, 0.3) is 10.0 Å². The van der Waals surface area contributed by atoms with E-state index in [1.807, 2.05) is 6.92 Å². The van der Waals surface area contributed by atoms with Gasteiger partial charge in [-0.2, -0.15) is 0 Å². The van der Waals surface area contributed by atoms with Crippen LogP contribution in [0.2, 0.25) is 4.47 Å². The average Bonchev–Trinajstić information content (AvgIpc) is 2.79. The second-order valence-electron chi connectivity index (χ2n) is 3.74. The molecular weight excluding hydrogens is 308 g/mol. The Morgan fingerprint density at radius 1 is 1.42 bits per heavy atom. The monoisotopic (exact) mass is 318 g/mol. The van der Waals surface area contributed by atoms with Crippen LogP contribution < -0.4 is 9.46 Å². The molecule has 1 aromatic heterocycles. The quantitative estimate of drug-likeness (QED) is 0.941. The Kier molecular flexibility index (Phi) is 3.98. The number of halogens is 1. The van der Waals surface area contributed by atoms with Crippen LogP contribution in [0.4, 0.5) is 5.69 Å². The second-order valence-corrected chi connectivity index (χ2v) is 7.26. The maximum atomic E-state index is 12.1. The molecule has 0 unspecified atom stereocenters. The molecule has 102 valence electrons. The summed E-state index contributed by atoms with van der Waals surface area (Å²) in [7, 11) is -2.21. The first kappa shape index (κ1) is 14.1. The topological polar surface area (TPSA) is 68.3 Å². The third-order valence-electron chi connectivity index (χ3n) is 2.32. The SMILES string of the molecule is COc1cc(C)ccc1NS(=O)(=O)c1cnc(Cl)s1. The predicted octanol–water partition coefficient (Wildman–Crippen LogP) is 2.91. The number of nitrogens with one attached hydrogen (secondary N) is 1. The van der Waals surface area contributed by atoms with Crippen LogP contribution >= 0.6 is 22.9 Å². The lowest BCUT2D eigenvalue weighted by Crippen LogP contribution is -2.12. The maximum Gasteiger partial charge on any atom is 0.273 e. The van der Waals surface area contributed by atoms with E-state index in [-0.39, 0.29) is 8.68 Å². The van der Waals surface area contributed by atoms with Crippen molar-refractivity contribution in [2.45, 2.75) is 11.1 Å². The van der Waals surface area contributed by atoms with E-state index in [1.54, 1.807) is 18.2 Å². The van der Waals surface area contributed by atoms with E-state index in [2.05, 4.69) is 9.71 Å². The van der Waals surface area contributed by atoms with Gasteiger partial charge in [0.15, 0.2) is 8.68 Å². The molecule has 0 saturated heterocycles. The van der Waals surface area contributed by atoms with Gasteiger partial charge in [-0.1, -0.05) is 29.0 Å². The zero-order valence-electron chi connectivity index (χ0n) is 10.2. The molecule has 19 heavy (non-hydrogen) atoms. The number of aryl methyl sites for hydroxylation is 1. The Bertz CT molecular complexity index is 698. The van der Waals surface area contributed by atoms with E-state index in [4.69, 9.17) is 16.3 Å². The summed E-state index contributed by atoms with van der Waals surface area (Å²) in [6.45, 7) is 1.89. The molecule has 0 atom stereocenters. The van der Waals surface area contributed by atoms with Crippen molar-refractivity contribution in [1.29, 1.82) is 0 Å². The number of thiazole rings is 1. The standard InChI is InChI=1S/C11H11ClN2O3S2/c1-7-3-4-8(9(5-7)17-2)14-19(15,16)10-6-13-11(12)18-10/h3-6,14H,1-2H3. The molecule has 1 N–H and O–H groups in total. The van der Waals surface area contributed by atoms with Gasteiger partial charge in [0.2, 0.25) is 0 Å². The Labute approximate surface area is 120 Å². The minimum Gasteiger partial charge on any atom is -0.495 e. The van der Waals surface area contributed by atoms with E-state index < -0.39 is 10.0 Å². The van der Waals surface area contributed by atoms with Crippen molar-refractivity contribution in [2.75, 3.05) is 11.8 Å². The number of nitrogens with zero attached hydrogens (tertiary/aromatic N) is 1. The minimum absolute atomic E-state index is 0.0557. The van der Waals surface area contributed by atoms with Crippen molar-refractivity contribution in [3.05, 3.63) is 34.4 Å². The Morgan fingerprint density at radius 2 is 2.16 bits per heavy atom. The molecule has 0 amide bonds. The van der Waals surface area contributed by atoms with Crippen LogP contribution in [0.3, 0.4) is 0 Å². The molecule has 8 heteroatoms. The Balaban J connectivity index is 2.35. The van der Waals surface area contributed by atoms with E-state index in [0.29, 0.717) is 11.4 Å². The number of benzene rings is 1. The van der Waals surface area contributed by atoms with Crippen molar-refractivity contribution in [3.63, 3.8) is 0 Å². The molecule has 2 aromatic rings. The first-order valence-corrected chi connectivity index (χ1v) is 7.89. The summed E-state index contributed by atoms with van der Waals surface area (Å²) in [6.07, 6.45) is 1.22. The molecule has 5 nitrogen and oxygen atoms in total. The highest BCUT2D eigenvalue weighted by atomic mass is 35.5. The summed E-state index contributed by atoms with van der Waals surface area (Å²) in [4.78, 5) is 3.71. The summed E-state index contributed by atoms with van der Waals surface area (Å²) in [6, 6.07) is 5.19. The van der Waals surface area contributed by atoms with Gasteiger partial charge in [-0.05, 0) is 24.6 Å². The van der Waals surface area contributed by atoms with Crippen LogP contribution in [-0.2, 0) is 10.0 Å². The smallest absolute Gasteiger partial charge is 0.273 e. The molecule has 0 fully saturated rings. The third kappa shape index (κ3) is 3.17. The van der Waals surface area contributed by atoms with Gasteiger partial charge < -0.3 is 4.74 Å². The number of ether oxygens (including phenoxy) is 1. The van der Waals surface area contributed by atoms with Gasteiger partial charge in [-0.3, -0.25) is 4.72 Å². The first-order valence-electron chi connectivity index (χ1n) is 5.21. The van der Waals surface area contributed by atoms with Crippen molar-refractivity contribution in [1.82, 2.24) is 4.98 Å². The van der Waals surface area contributed by atoms with Crippen LogP contribution in [-0.4, -0.2) is 20.5 Å². The summed E-state index contributed by atoms with van der Waals surface area (Å²) in [5.74, 6) is 0.458. The average molecular weight is 319 g/mol. The number of hydrogen-bond acceptors (Lipinski definition) is 5. The molecule has 0 saturated carbocycles. The summed E-state index contributed by atoms with van der Waals surface area (Å²) in [5.41, 5.74) is 1.35. The van der Waals surface area contributed by atoms with Gasteiger partial charge in [0.05, 0.1) is 19.0 Å². The second kappa shape index (κ2) is 5.36. The van der Waals surface area contributed by atoms with E-state index in [0.717, 1.165) is 16.9 Å². The first-order chi connectivity index (χ1) is 8.92. The zero-order chi connectivity index (χ0) is 14.0. The molecule has 0 aliphatic rings. The molecule has 1 heterocycles. The van der Waals surface area contributed by atoms with E-state index in [1.165, 1.54) is 13.3 Å². The highest BCUT2D eigenvalue weighted by Gasteiger charge is 2.19. The largest absolute Gasteiger partial charge is 0.495 e. The maximum absolute atomic E-state index is 12.1. The fourth-order valence-electron chi connectivity index (χ4n) is 1.44. The van der Waals surface area contributed by atoms with Crippen molar-refractivity contribution < 1.29 is 13.2 Å². The lowest BCUT2D eigenvalue weighted by molar-refractivity contribution is 0.416. The van der Waals surface area contributed by atoms with Crippen LogP contribution in [0.1, 0.15) is 5.56 Å². The summed E-state index contributed by atoms with van der Waals surface area (Å²) in [5, 5.41) is 0. The van der Waals surface area contributed by atoms with Crippen LogP contribution in [0.25, 0.3) is 0 Å². The molecule has 0 radical (unpaired) electrons. The van der Waals surface area contributed by atoms with Crippen LogP contribution in [0.15, 0.2) is 28.6 Å². The van der Waals surface area contributed by atoms with Gasteiger partial charge >= 0.3 is 0 Å². The lowest BCUT2D eigenvalue weighted by atomic mass is 10.2. The number of anilines is 1. The van der Waals surface area contributed by atoms with Crippen molar-refractivity contribution >= 4 is 38.6 Å². The van der Waals surface area contributed by atoms with E-state index in [9.17, 15) is 8.42 Å². The Hall–Kier alpha value is -1.31. The van der Waals surface area contributed by atoms with Crippen molar-refractivity contribution in [2.24, 2.45) is 0 Å². The molecule has 0 aliphatic carbocycles. The highest BCUT2D eigenvalue weighted by molar-refractivity contribution is 7.94. The minimum atomic E-state index is -3.70. The molecule has 2 rings (SSSR count). The number of sulfonamides is 1. The summed E-state index contributed by atoms with van der Waals surface area (Å²) >= 11 is 6.53. The van der Waals surface area contributed by atoms with Gasteiger partial charge in [-0.15, -0.1) is 0 Å². The molecular formula is C11H11ClN2O3S2. The molecule has 1 aromatic carbocycles. The molecule has 0 bridgehead atoms. The van der Waals surface area contributed by atoms with Gasteiger partial charge in [0, 0.05) is 0 Å². The zero-order valence-corrected chi connectivity index (χ0v) is 12.6. The van der Waals surface area contributed by atoms with Crippen molar-refractivity contribution in [3.8, 4) is 5.75 Å². The predicted molar refractivity (Wildman–Crippen MR) is 75.7 cm³/mol. The molecule has 0 spiro atoms. The number of rotatable bonds is 4. The fraction of sp³-hybridized carbons (Fsp3) is 0.182. The van der Waals surface area contributed by atoms with Crippen LogP contribution in [0.5, 0.6) is 5.75 Å². The van der Waals surface area contributed by atoms with Gasteiger partial charge in [0.1, 0.15) is 5.75 Å². The van der Waals surface area contributed by atoms with Gasteiger partial charge in [-0.25, -0.2) is 13.4 Å². The fourth-order valence-corrected chi connectivity index (χ4v) is 3.80. The van der Waals surface area contributed by atoms with E-state index >= 15 is 0 Å². The number of methoxy groups -OCH3 is 1. The number of hydrogen-bond donors (Lipinski definition) is 1. The Morgan fingerprint density at radius 3 is 2.74 bits per heavy atom. The molecule has 0 aliphatic heterocycles.